The minimum absolute atomic E-state index is 0.164. The average molecular weight is 359 g/mol. The molecule has 26 heavy (non-hydrogen) atoms. The van der Waals surface area contributed by atoms with Crippen LogP contribution in [0.1, 0.15) is 38.3 Å². The number of hydrogen-bond donors (Lipinski definition) is 1. The van der Waals surface area contributed by atoms with E-state index >= 15 is 0 Å². The van der Waals surface area contributed by atoms with Crippen molar-refractivity contribution in [3.05, 3.63) is 35.4 Å². The number of benzene rings is 1. The molecule has 140 valence electrons. The molecule has 1 aromatic carbocycles. The largest absolute Gasteiger partial charge is 0.399 e. The molecule has 1 amide bonds. The Hall–Kier alpha value is -3.03. The number of nitrogens with one attached hydrogen (secondary N) is 1. The lowest BCUT2D eigenvalue weighted by atomic mass is 9.99. The van der Waals surface area contributed by atoms with Crippen molar-refractivity contribution in [1.82, 2.24) is 5.32 Å². The van der Waals surface area contributed by atoms with Crippen molar-refractivity contribution in [3.63, 3.8) is 0 Å². The summed E-state index contributed by atoms with van der Waals surface area (Å²) in [5.41, 5.74) is 3.49. The number of carbonyl (C=O) groups is 1. The van der Waals surface area contributed by atoms with Crippen LogP contribution < -0.4 is 5.32 Å². The van der Waals surface area contributed by atoms with Crippen LogP contribution in [0.25, 0.3) is 0 Å². The van der Waals surface area contributed by atoms with E-state index in [1.54, 1.807) is 13.0 Å². The summed E-state index contributed by atoms with van der Waals surface area (Å²) in [6, 6.07) is 7.30. The van der Waals surface area contributed by atoms with Gasteiger partial charge in [0.25, 0.3) is 5.91 Å². The number of carbonyl (C=O) groups excluding carboxylic acids is 1. The molecule has 0 aromatic heterocycles. The van der Waals surface area contributed by atoms with Crippen LogP contribution in [-0.4, -0.2) is 50.0 Å². The Kier molecular flexibility index (Phi) is 8.69. The smallest absolute Gasteiger partial charge is 0.273 e. The first-order valence-electron chi connectivity index (χ1n) is 8.12. The van der Waals surface area contributed by atoms with E-state index in [0.29, 0.717) is 29.1 Å². The maximum Gasteiger partial charge on any atom is 0.273 e. The second kappa shape index (κ2) is 10.8. The molecular formula is C18H25N5O3. The molecule has 1 aromatic rings. The number of hydrogen-bond acceptors (Lipinski definition) is 7. The van der Waals surface area contributed by atoms with Crippen LogP contribution in [0.4, 0.5) is 0 Å². The lowest BCUT2D eigenvalue weighted by Crippen LogP contribution is -2.29. The summed E-state index contributed by atoms with van der Waals surface area (Å²) in [7, 11) is 4.41. The van der Waals surface area contributed by atoms with Gasteiger partial charge >= 0.3 is 0 Å². The summed E-state index contributed by atoms with van der Waals surface area (Å²) >= 11 is 0. The number of oxime groups is 2. The van der Waals surface area contributed by atoms with Gasteiger partial charge in [0.05, 0.1) is 17.1 Å². The third-order valence-electron chi connectivity index (χ3n) is 3.50. The van der Waals surface area contributed by atoms with Crippen LogP contribution in [0.15, 0.2) is 44.8 Å². The summed E-state index contributed by atoms with van der Waals surface area (Å²) in [5.74, 6) is -0.354. The lowest BCUT2D eigenvalue weighted by Gasteiger charge is -2.10. The topological polar surface area (TPSA) is 97.0 Å². The average Bonchev–Trinajstić information content (AvgIpc) is 2.66. The van der Waals surface area contributed by atoms with Gasteiger partial charge in [0.1, 0.15) is 14.2 Å². The van der Waals surface area contributed by atoms with Gasteiger partial charge < -0.3 is 15.0 Å². The summed E-state index contributed by atoms with van der Waals surface area (Å²) in [4.78, 5) is 21.7. The van der Waals surface area contributed by atoms with Crippen molar-refractivity contribution in [1.29, 1.82) is 0 Å². The van der Waals surface area contributed by atoms with Gasteiger partial charge in [0, 0.05) is 18.2 Å². The summed E-state index contributed by atoms with van der Waals surface area (Å²) in [5, 5.41) is 18.9. The Morgan fingerprint density at radius 3 is 2.19 bits per heavy atom. The molecule has 0 saturated heterocycles. The fraction of sp³-hybridized carbons (Fsp3) is 0.389. The van der Waals surface area contributed by atoms with Gasteiger partial charge in [0.15, 0.2) is 5.71 Å². The molecule has 0 fully saturated rings. The molecule has 0 spiro atoms. The van der Waals surface area contributed by atoms with Gasteiger partial charge in [-0.1, -0.05) is 41.5 Å². The normalized spacial score (nSPS) is 13.5. The Morgan fingerprint density at radius 2 is 1.65 bits per heavy atom. The number of rotatable bonds is 8. The van der Waals surface area contributed by atoms with Crippen LogP contribution in [-0.2, 0) is 14.5 Å². The van der Waals surface area contributed by atoms with Crippen molar-refractivity contribution in [2.45, 2.75) is 27.2 Å². The van der Waals surface area contributed by atoms with E-state index in [0.717, 1.165) is 5.56 Å². The highest BCUT2D eigenvalue weighted by Gasteiger charge is 2.18. The summed E-state index contributed by atoms with van der Waals surface area (Å²) in [6.07, 6.45) is 0.658. The predicted molar refractivity (Wildman–Crippen MR) is 104 cm³/mol. The van der Waals surface area contributed by atoms with Gasteiger partial charge in [-0.15, -0.1) is 0 Å². The zero-order valence-corrected chi connectivity index (χ0v) is 16.0. The molecule has 1 N–H and O–H groups in total. The minimum atomic E-state index is -0.354. The molecule has 0 aliphatic rings. The van der Waals surface area contributed by atoms with Crippen LogP contribution in [0, 0.1) is 0 Å². The highest BCUT2D eigenvalue weighted by molar-refractivity contribution is 6.46. The van der Waals surface area contributed by atoms with E-state index in [4.69, 9.17) is 9.68 Å². The predicted octanol–water partition coefficient (Wildman–Crippen LogP) is 2.38. The highest BCUT2D eigenvalue weighted by Crippen LogP contribution is 2.13. The van der Waals surface area contributed by atoms with Crippen LogP contribution in [0.5, 0.6) is 0 Å². The van der Waals surface area contributed by atoms with Gasteiger partial charge in [0.2, 0.25) is 0 Å². The molecule has 0 bridgehead atoms. The molecule has 1 rings (SSSR count). The van der Waals surface area contributed by atoms with Crippen molar-refractivity contribution in [2.75, 3.05) is 21.3 Å². The van der Waals surface area contributed by atoms with Crippen LogP contribution in [0.2, 0.25) is 0 Å². The molecule has 0 heterocycles. The fourth-order valence-electron chi connectivity index (χ4n) is 2.21. The molecule has 0 aliphatic carbocycles. The SMILES string of the molecule is CCC(=N\N=C(/C)c1ccccc1/C(=N\OC)C(=O)NC)/C(C)=N/OC. The fourth-order valence-corrected chi connectivity index (χ4v) is 2.21. The first kappa shape index (κ1) is 21.0. The zero-order chi connectivity index (χ0) is 19.5. The number of nitrogens with zero attached hydrogens (tertiary/aromatic N) is 4. The van der Waals surface area contributed by atoms with E-state index in [1.165, 1.54) is 21.3 Å². The third-order valence-corrected chi connectivity index (χ3v) is 3.50. The first-order chi connectivity index (χ1) is 12.5. The Labute approximate surface area is 153 Å². The van der Waals surface area contributed by atoms with Crippen LogP contribution >= 0.6 is 0 Å². The molecule has 0 atom stereocenters. The zero-order valence-electron chi connectivity index (χ0n) is 16.0. The molecule has 0 radical (unpaired) electrons. The summed E-state index contributed by atoms with van der Waals surface area (Å²) in [6.45, 7) is 5.58. The minimum Gasteiger partial charge on any atom is -0.399 e. The van der Waals surface area contributed by atoms with Gasteiger partial charge in [-0.05, 0) is 20.3 Å². The Bertz CT molecular complexity index is 751. The van der Waals surface area contributed by atoms with Crippen molar-refractivity contribution in [3.8, 4) is 0 Å². The second-order valence-corrected chi connectivity index (χ2v) is 5.19. The van der Waals surface area contributed by atoms with Crippen molar-refractivity contribution in [2.24, 2.45) is 20.5 Å². The molecule has 0 saturated carbocycles. The lowest BCUT2D eigenvalue weighted by molar-refractivity contribution is -0.114. The van der Waals surface area contributed by atoms with Crippen molar-refractivity contribution >= 4 is 28.8 Å². The van der Waals surface area contributed by atoms with E-state index < -0.39 is 0 Å². The summed E-state index contributed by atoms with van der Waals surface area (Å²) < 4.78 is 0. The number of amides is 1. The van der Waals surface area contributed by atoms with E-state index in [9.17, 15) is 4.79 Å². The second-order valence-electron chi connectivity index (χ2n) is 5.19. The Balaban J connectivity index is 3.37. The molecule has 8 nitrogen and oxygen atoms in total. The maximum absolute atomic E-state index is 12.1. The first-order valence-corrected chi connectivity index (χ1v) is 8.12. The Morgan fingerprint density at radius 1 is 1.04 bits per heavy atom. The molecular weight excluding hydrogens is 334 g/mol. The maximum atomic E-state index is 12.1. The van der Waals surface area contributed by atoms with E-state index in [-0.39, 0.29) is 11.6 Å². The van der Waals surface area contributed by atoms with E-state index in [1.807, 2.05) is 32.0 Å². The molecule has 8 heteroatoms. The van der Waals surface area contributed by atoms with Gasteiger partial charge in [-0.25, -0.2) is 0 Å². The van der Waals surface area contributed by atoms with Crippen LogP contribution in [0.3, 0.4) is 0 Å². The number of likely N-dealkylation sites (N-methyl/N-ethyl adjacent to an activating group) is 1. The molecule has 0 aliphatic heterocycles. The van der Waals surface area contributed by atoms with Gasteiger partial charge in [-0.2, -0.15) is 10.2 Å². The highest BCUT2D eigenvalue weighted by atomic mass is 16.6. The standard InChI is InChI=1S/C18H25N5O3/c1-7-16(13(3)22-25-5)21-20-12(2)14-10-8-9-11-15(14)17(23-26-6)18(24)19-4/h8-11H,7H2,1-6H3,(H,19,24)/b20-12+,21-16+,22-13+,23-17+. The van der Waals surface area contributed by atoms with E-state index in [2.05, 4.69) is 25.8 Å². The quantitative estimate of drug-likeness (QED) is 0.570. The van der Waals surface area contributed by atoms with Crippen molar-refractivity contribution < 1.29 is 14.5 Å². The third kappa shape index (κ3) is 5.51. The molecule has 0 unspecified atom stereocenters. The monoisotopic (exact) mass is 359 g/mol. The van der Waals surface area contributed by atoms with Gasteiger partial charge in [-0.3, -0.25) is 4.79 Å².